The van der Waals surface area contributed by atoms with E-state index in [-0.39, 0.29) is 12.1 Å². The van der Waals surface area contributed by atoms with Crippen LogP contribution in [0.1, 0.15) is 12.0 Å². The molecular weight excluding hydrogens is 310 g/mol. The molecule has 2 N–H and O–H groups in total. The SMILES string of the molecule is O=C(Nc1ccccc1Cl)N[C@H]1CCN(Cc2ccccc2)C1. The van der Waals surface area contributed by atoms with E-state index in [2.05, 4.69) is 39.8 Å². The summed E-state index contributed by atoms with van der Waals surface area (Å²) in [6.07, 6.45) is 0.961. The van der Waals surface area contributed by atoms with Gasteiger partial charge in [-0.25, -0.2) is 4.79 Å². The second-order valence-corrected chi connectivity index (χ2v) is 6.19. The Kier molecular flexibility index (Phi) is 5.16. The molecule has 0 aliphatic carbocycles. The average molecular weight is 330 g/mol. The highest BCUT2D eigenvalue weighted by Gasteiger charge is 2.23. The van der Waals surface area contributed by atoms with Crippen molar-refractivity contribution in [3.63, 3.8) is 0 Å². The normalized spacial score (nSPS) is 17.9. The number of nitrogens with zero attached hydrogens (tertiary/aromatic N) is 1. The van der Waals surface area contributed by atoms with Crippen LogP contribution in [0.2, 0.25) is 5.02 Å². The number of hydrogen-bond donors (Lipinski definition) is 2. The Morgan fingerprint density at radius 2 is 1.87 bits per heavy atom. The van der Waals surface area contributed by atoms with E-state index in [1.807, 2.05) is 18.2 Å². The fourth-order valence-corrected chi connectivity index (χ4v) is 3.03. The van der Waals surface area contributed by atoms with Crippen LogP contribution in [0.15, 0.2) is 54.6 Å². The molecule has 2 aromatic carbocycles. The first-order valence-corrected chi connectivity index (χ1v) is 8.17. The van der Waals surface area contributed by atoms with Gasteiger partial charge in [0.25, 0.3) is 0 Å². The molecule has 23 heavy (non-hydrogen) atoms. The molecule has 2 aromatic rings. The second kappa shape index (κ2) is 7.49. The highest BCUT2D eigenvalue weighted by molar-refractivity contribution is 6.33. The van der Waals surface area contributed by atoms with Crippen molar-refractivity contribution in [1.29, 1.82) is 0 Å². The first-order chi connectivity index (χ1) is 11.2. The maximum absolute atomic E-state index is 12.1. The molecule has 1 aliphatic heterocycles. The molecule has 1 atom stereocenters. The molecule has 0 aromatic heterocycles. The highest BCUT2D eigenvalue weighted by atomic mass is 35.5. The molecular formula is C18H20ClN3O. The predicted octanol–water partition coefficient (Wildman–Crippen LogP) is 3.74. The van der Waals surface area contributed by atoms with Gasteiger partial charge in [-0.1, -0.05) is 54.1 Å². The fraction of sp³-hybridized carbons (Fsp3) is 0.278. The standard InChI is InChI=1S/C18H20ClN3O/c19-16-8-4-5-9-17(16)21-18(23)20-15-10-11-22(13-15)12-14-6-2-1-3-7-14/h1-9,15H,10-13H2,(H2,20,21,23)/t15-/m0/s1. The maximum atomic E-state index is 12.1. The van der Waals surface area contributed by atoms with Gasteiger partial charge in [0.1, 0.15) is 0 Å². The van der Waals surface area contributed by atoms with E-state index < -0.39 is 0 Å². The molecule has 1 heterocycles. The van der Waals surface area contributed by atoms with Crippen molar-refractivity contribution in [2.45, 2.75) is 19.0 Å². The maximum Gasteiger partial charge on any atom is 0.319 e. The number of nitrogens with one attached hydrogen (secondary N) is 2. The van der Waals surface area contributed by atoms with E-state index >= 15 is 0 Å². The van der Waals surface area contributed by atoms with E-state index in [1.165, 1.54) is 5.56 Å². The van der Waals surface area contributed by atoms with Crippen LogP contribution in [0.3, 0.4) is 0 Å². The van der Waals surface area contributed by atoms with Crippen LogP contribution in [-0.4, -0.2) is 30.1 Å². The number of anilines is 1. The van der Waals surface area contributed by atoms with Crippen LogP contribution < -0.4 is 10.6 Å². The Balaban J connectivity index is 1.48. The lowest BCUT2D eigenvalue weighted by atomic mass is 10.2. The zero-order valence-electron chi connectivity index (χ0n) is 12.8. The smallest absolute Gasteiger partial charge is 0.319 e. The summed E-state index contributed by atoms with van der Waals surface area (Å²) in [7, 11) is 0. The number of para-hydroxylation sites is 1. The summed E-state index contributed by atoms with van der Waals surface area (Å²) < 4.78 is 0. The first kappa shape index (κ1) is 15.8. The summed E-state index contributed by atoms with van der Waals surface area (Å²) in [6, 6.07) is 17.6. The molecule has 0 spiro atoms. The van der Waals surface area contributed by atoms with Gasteiger partial charge in [-0.2, -0.15) is 0 Å². The summed E-state index contributed by atoms with van der Waals surface area (Å²) >= 11 is 6.05. The van der Waals surface area contributed by atoms with Crippen molar-refractivity contribution in [3.05, 3.63) is 65.2 Å². The molecule has 0 bridgehead atoms. The van der Waals surface area contributed by atoms with Crippen LogP contribution in [0.5, 0.6) is 0 Å². The molecule has 0 radical (unpaired) electrons. The molecule has 1 aliphatic rings. The van der Waals surface area contributed by atoms with Gasteiger partial charge in [0.05, 0.1) is 10.7 Å². The Morgan fingerprint density at radius 1 is 1.13 bits per heavy atom. The number of benzene rings is 2. The Morgan fingerprint density at radius 3 is 2.65 bits per heavy atom. The predicted molar refractivity (Wildman–Crippen MR) is 93.7 cm³/mol. The average Bonchev–Trinajstić information content (AvgIpc) is 2.97. The second-order valence-electron chi connectivity index (χ2n) is 5.78. The lowest BCUT2D eigenvalue weighted by molar-refractivity contribution is 0.247. The number of halogens is 1. The minimum absolute atomic E-state index is 0.168. The van der Waals surface area contributed by atoms with E-state index in [0.717, 1.165) is 26.1 Å². The van der Waals surface area contributed by atoms with Gasteiger partial charge in [-0.15, -0.1) is 0 Å². The van der Waals surface area contributed by atoms with Crippen LogP contribution >= 0.6 is 11.6 Å². The Bertz CT molecular complexity index is 662. The van der Waals surface area contributed by atoms with Crippen molar-refractivity contribution >= 4 is 23.3 Å². The number of rotatable bonds is 4. The van der Waals surface area contributed by atoms with Crippen LogP contribution in [-0.2, 0) is 6.54 Å². The van der Waals surface area contributed by atoms with Crippen molar-refractivity contribution in [2.24, 2.45) is 0 Å². The zero-order valence-corrected chi connectivity index (χ0v) is 13.6. The lowest BCUT2D eigenvalue weighted by Crippen LogP contribution is -2.39. The molecule has 0 unspecified atom stereocenters. The highest BCUT2D eigenvalue weighted by Crippen LogP contribution is 2.20. The molecule has 5 heteroatoms. The van der Waals surface area contributed by atoms with Gasteiger partial charge in [0.15, 0.2) is 0 Å². The zero-order chi connectivity index (χ0) is 16.1. The summed E-state index contributed by atoms with van der Waals surface area (Å²) in [5, 5.41) is 6.36. The Hall–Kier alpha value is -2.04. The van der Waals surface area contributed by atoms with E-state index in [4.69, 9.17) is 11.6 Å². The largest absolute Gasteiger partial charge is 0.334 e. The third-order valence-corrected chi connectivity index (χ3v) is 4.31. The van der Waals surface area contributed by atoms with Gasteiger partial charge < -0.3 is 10.6 Å². The number of likely N-dealkylation sites (tertiary alicyclic amines) is 1. The van der Waals surface area contributed by atoms with Gasteiger partial charge >= 0.3 is 6.03 Å². The van der Waals surface area contributed by atoms with E-state index in [9.17, 15) is 4.79 Å². The van der Waals surface area contributed by atoms with Crippen molar-refractivity contribution in [3.8, 4) is 0 Å². The molecule has 2 amide bonds. The fourth-order valence-electron chi connectivity index (χ4n) is 2.84. The minimum atomic E-state index is -0.204. The monoisotopic (exact) mass is 329 g/mol. The third kappa shape index (κ3) is 4.47. The number of hydrogen-bond acceptors (Lipinski definition) is 2. The van der Waals surface area contributed by atoms with Gasteiger partial charge in [-0.05, 0) is 24.1 Å². The van der Waals surface area contributed by atoms with E-state index in [0.29, 0.717) is 10.7 Å². The van der Waals surface area contributed by atoms with Crippen molar-refractivity contribution < 1.29 is 4.79 Å². The van der Waals surface area contributed by atoms with Crippen LogP contribution in [0.25, 0.3) is 0 Å². The lowest BCUT2D eigenvalue weighted by Gasteiger charge is -2.17. The molecule has 1 fully saturated rings. The third-order valence-electron chi connectivity index (χ3n) is 3.98. The number of urea groups is 1. The molecule has 3 rings (SSSR count). The summed E-state index contributed by atoms with van der Waals surface area (Å²) in [5.41, 5.74) is 1.93. The molecule has 0 saturated carbocycles. The van der Waals surface area contributed by atoms with Gasteiger partial charge in [0.2, 0.25) is 0 Å². The number of amides is 2. The summed E-state index contributed by atoms with van der Waals surface area (Å²) in [5.74, 6) is 0. The Labute approximate surface area is 141 Å². The van der Waals surface area contributed by atoms with Crippen molar-refractivity contribution in [1.82, 2.24) is 10.2 Å². The van der Waals surface area contributed by atoms with Gasteiger partial charge in [0, 0.05) is 25.7 Å². The quantitative estimate of drug-likeness (QED) is 0.897. The summed E-state index contributed by atoms with van der Waals surface area (Å²) in [4.78, 5) is 14.4. The molecule has 4 nitrogen and oxygen atoms in total. The van der Waals surface area contributed by atoms with Crippen LogP contribution in [0.4, 0.5) is 10.5 Å². The van der Waals surface area contributed by atoms with Crippen LogP contribution in [0, 0.1) is 0 Å². The van der Waals surface area contributed by atoms with E-state index in [1.54, 1.807) is 12.1 Å². The first-order valence-electron chi connectivity index (χ1n) is 7.79. The number of carbonyl (C=O) groups is 1. The molecule has 120 valence electrons. The minimum Gasteiger partial charge on any atom is -0.334 e. The topological polar surface area (TPSA) is 44.4 Å². The van der Waals surface area contributed by atoms with Gasteiger partial charge in [-0.3, -0.25) is 4.90 Å². The van der Waals surface area contributed by atoms with Crippen molar-refractivity contribution in [2.75, 3.05) is 18.4 Å². The summed E-state index contributed by atoms with van der Waals surface area (Å²) in [6.45, 7) is 2.78. The molecule has 1 saturated heterocycles. The number of carbonyl (C=O) groups excluding carboxylic acids is 1.